The van der Waals surface area contributed by atoms with Crippen molar-refractivity contribution in [3.05, 3.63) is 34.3 Å². The van der Waals surface area contributed by atoms with Crippen LogP contribution in [-0.4, -0.2) is 43.5 Å². The second kappa shape index (κ2) is 5.76. The molecule has 0 amide bonds. The third-order valence-corrected chi connectivity index (χ3v) is 3.62. The van der Waals surface area contributed by atoms with Gasteiger partial charge in [-0.15, -0.1) is 0 Å². The summed E-state index contributed by atoms with van der Waals surface area (Å²) in [7, 11) is 1.73. The molecule has 0 saturated carbocycles. The van der Waals surface area contributed by atoms with Gasteiger partial charge in [-0.2, -0.15) is 0 Å². The van der Waals surface area contributed by atoms with Crippen molar-refractivity contribution >= 4 is 21.7 Å². The number of benzene rings is 1. The average molecular weight is 298 g/mol. The fraction of sp³-hybridized carbons (Fsp3) is 0.462. The minimum atomic E-state index is 0.175. The predicted octanol–water partition coefficient (Wildman–Crippen LogP) is 2.35. The highest BCUT2D eigenvalue weighted by Crippen LogP contribution is 2.14. The quantitative estimate of drug-likeness (QED) is 0.799. The number of hydrogen-bond donors (Lipinski definition) is 0. The number of ketones is 1. The summed E-state index contributed by atoms with van der Waals surface area (Å²) in [6.07, 6.45) is 1.30. The van der Waals surface area contributed by atoms with Gasteiger partial charge in [0.2, 0.25) is 0 Å². The number of Topliss-reactive ketones (excluding diaryl/α,β-unsaturated/α-hetero) is 1. The van der Waals surface area contributed by atoms with Gasteiger partial charge in [0.05, 0.1) is 12.6 Å². The van der Waals surface area contributed by atoms with Gasteiger partial charge in [0, 0.05) is 30.2 Å². The van der Waals surface area contributed by atoms with Crippen molar-refractivity contribution in [3.8, 4) is 0 Å². The maximum Gasteiger partial charge on any atom is 0.176 e. The van der Waals surface area contributed by atoms with Crippen molar-refractivity contribution in [2.75, 3.05) is 26.7 Å². The first-order valence-corrected chi connectivity index (χ1v) is 6.52. The number of carbonyl (C=O) groups excluding carboxylic acids is 1. The van der Waals surface area contributed by atoms with Gasteiger partial charge in [0.25, 0.3) is 0 Å². The zero-order valence-electron chi connectivity index (χ0n) is 9.86. The standard InChI is InChI=1S/C13H16BrNO2/c1-17-12-6-7-15(8-12)9-13(16)10-2-4-11(14)5-3-10/h2-5,12H,6-9H2,1H3. The molecular weight excluding hydrogens is 282 g/mol. The van der Waals surface area contributed by atoms with E-state index in [0.717, 1.165) is 29.5 Å². The summed E-state index contributed by atoms with van der Waals surface area (Å²) in [5.74, 6) is 0.175. The Labute approximate surface area is 110 Å². The average Bonchev–Trinajstić information content (AvgIpc) is 2.77. The summed E-state index contributed by atoms with van der Waals surface area (Å²) in [4.78, 5) is 14.2. The maximum atomic E-state index is 12.0. The van der Waals surface area contributed by atoms with Gasteiger partial charge in [-0.1, -0.05) is 28.1 Å². The van der Waals surface area contributed by atoms with E-state index in [0.29, 0.717) is 6.54 Å². The van der Waals surface area contributed by atoms with Gasteiger partial charge < -0.3 is 4.74 Å². The van der Waals surface area contributed by atoms with E-state index < -0.39 is 0 Å². The Kier molecular flexibility index (Phi) is 4.31. The lowest BCUT2D eigenvalue weighted by Gasteiger charge is -2.14. The van der Waals surface area contributed by atoms with Crippen molar-refractivity contribution in [2.45, 2.75) is 12.5 Å². The summed E-state index contributed by atoms with van der Waals surface area (Å²) in [6.45, 7) is 2.29. The Morgan fingerprint density at radius 2 is 2.18 bits per heavy atom. The summed E-state index contributed by atoms with van der Waals surface area (Å²) < 4.78 is 6.28. The first-order chi connectivity index (χ1) is 8.19. The molecule has 0 radical (unpaired) electrons. The summed E-state index contributed by atoms with van der Waals surface area (Å²) >= 11 is 3.36. The lowest BCUT2D eigenvalue weighted by Crippen LogP contribution is -2.29. The predicted molar refractivity (Wildman–Crippen MR) is 70.3 cm³/mol. The second-order valence-electron chi connectivity index (χ2n) is 4.31. The van der Waals surface area contributed by atoms with Crippen LogP contribution in [0.15, 0.2) is 28.7 Å². The molecular formula is C13H16BrNO2. The van der Waals surface area contributed by atoms with E-state index in [9.17, 15) is 4.79 Å². The fourth-order valence-corrected chi connectivity index (χ4v) is 2.33. The molecule has 1 heterocycles. The lowest BCUT2D eigenvalue weighted by molar-refractivity contribution is 0.0899. The number of carbonyl (C=O) groups is 1. The molecule has 0 aromatic heterocycles. The van der Waals surface area contributed by atoms with E-state index in [2.05, 4.69) is 20.8 Å². The summed E-state index contributed by atoms with van der Waals surface area (Å²) in [5.41, 5.74) is 0.772. The van der Waals surface area contributed by atoms with Gasteiger partial charge in [-0.25, -0.2) is 0 Å². The fourth-order valence-electron chi connectivity index (χ4n) is 2.06. The largest absolute Gasteiger partial charge is 0.380 e. The summed E-state index contributed by atoms with van der Waals surface area (Å²) in [6, 6.07) is 7.51. The van der Waals surface area contributed by atoms with Crippen molar-refractivity contribution < 1.29 is 9.53 Å². The topological polar surface area (TPSA) is 29.5 Å². The highest BCUT2D eigenvalue weighted by molar-refractivity contribution is 9.10. The number of nitrogens with zero attached hydrogens (tertiary/aromatic N) is 1. The molecule has 1 aromatic rings. The molecule has 1 unspecified atom stereocenters. The zero-order valence-corrected chi connectivity index (χ0v) is 11.4. The van der Waals surface area contributed by atoms with Crippen LogP contribution in [0, 0.1) is 0 Å². The smallest absolute Gasteiger partial charge is 0.176 e. The van der Waals surface area contributed by atoms with Gasteiger partial charge in [0.1, 0.15) is 0 Å². The van der Waals surface area contributed by atoms with Crippen LogP contribution in [0.25, 0.3) is 0 Å². The highest BCUT2D eigenvalue weighted by Gasteiger charge is 2.23. The maximum absolute atomic E-state index is 12.0. The molecule has 17 heavy (non-hydrogen) atoms. The Hall–Kier alpha value is -0.710. The minimum absolute atomic E-state index is 0.175. The SMILES string of the molecule is COC1CCN(CC(=O)c2ccc(Br)cc2)C1. The van der Waals surface area contributed by atoms with Gasteiger partial charge >= 0.3 is 0 Å². The van der Waals surface area contributed by atoms with E-state index >= 15 is 0 Å². The van der Waals surface area contributed by atoms with Gasteiger partial charge in [-0.05, 0) is 18.6 Å². The van der Waals surface area contributed by atoms with Crippen molar-refractivity contribution in [1.29, 1.82) is 0 Å². The number of methoxy groups -OCH3 is 1. The molecule has 1 fully saturated rings. The van der Waals surface area contributed by atoms with Crippen LogP contribution in [0.2, 0.25) is 0 Å². The van der Waals surface area contributed by atoms with Crippen LogP contribution in [0.4, 0.5) is 0 Å². The van der Waals surface area contributed by atoms with Crippen LogP contribution in [0.5, 0.6) is 0 Å². The van der Waals surface area contributed by atoms with Crippen LogP contribution < -0.4 is 0 Å². The molecule has 0 N–H and O–H groups in total. The minimum Gasteiger partial charge on any atom is -0.380 e. The van der Waals surface area contributed by atoms with E-state index in [-0.39, 0.29) is 11.9 Å². The van der Waals surface area contributed by atoms with E-state index in [4.69, 9.17) is 4.74 Å². The Morgan fingerprint density at radius 3 is 2.76 bits per heavy atom. The first-order valence-electron chi connectivity index (χ1n) is 5.73. The van der Waals surface area contributed by atoms with Crippen LogP contribution in [-0.2, 0) is 4.74 Å². The third-order valence-electron chi connectivity index (χ3n) is 3.10. The Bertz CT molecular complexity index is 391. The van der Waals surface area contributed by atoms with E-state index in [1.54, 1.807) is 7.11 Å². The molecule has 1 atom stereocenters. The van der Waals surface area contributed by atoms with E-state index in [1.807, 2.05) is 24.3 Å². The normalized spacial score (nSPS) is 20.7. The van der Waals surface area contributed by atoms with Crippen LogP contribution in [0.3, 0.4) is 0 Å². The molecule has 1 aromatic carbocycles. The van der Waals surface area contributed by atoms with Crippen LogP contribution >= 0.6 is 15.9 Å². The molecule has 0 aliphatic carbocycles. The van der Waals surface area contributed by atoms with Gasteiger partial charge in [0.15, 0.2) is 5.78 Å². The molecule has 92 valence electrons. The van der Waals surface area contributed by atoms with Crippen LogP contribution in [0.1, 0.15) is 16.8 Å². The number of hydrogen-bond acceptors (Lipinski definition) is 3. The second-order valence-corrected chi connectivity index (χ2v) is 5.23. The first kappa shape index (κ1) is 12.7. The Balaban J connectivity index is 1.91. The lowest BCUT2D eigenvalue weighted by atomic mass is 10.1. The molecule has 0 spiro atoms. The monoisotopic (exact) mass is 297 g/mol. The molecule has 2 rings (SSSR count). The highest BCUT2D eigenvalue weighted by atomic mass is 79.9. The molecule has 1 aliphatic rings. The number of likely N-dealkylation sites (tertiary alicyclic amines) is 1. The summed E-state index contributed by atoms with van der Waals surface area (Å²) in [5, 5.41) is 0. The Morgan fingerprint density at radius 1 is 1.47 bits per heavy atom. The number of halogens is 1. The molecule has 1 aliphatic heterocycles. The zero-order chi connectivity index (χ0) is 12.3. The van der Waals surface area contributed by atoms with Crippen molar-refractivity contribution in [1.82, 2.24) is 4.90 Å². The third kappa shape index (κ3) is 3.37. The molecule has 1 saturated heterocycles. The number of rotatable bonds is 4. The molecule has 4 heteroatoms. The van der Waals surface area contributed by atoms with E-state index in [1.165, 1.54) is 0 Å². The van der Waals surface area contributed by atoms with Crippen molar-refractivity contribution in [3.63, 3.8) is 0 Å². The molecule has 0 bridgehead atoms. The van der Waals surface area contributed by atoms with Gasteiger partial charge in [-0.3, -0.25) is 9.69 Å². The number of ether oxygens (including phenoxy) is 1. The molecule has 3 nitrogen and oxygen atoms in total. The van der Waals surface area contributed by atoms with Crippen molar-refractivity contribution in [2.24, 2.45) is 0 Å².